The van der Waals surface area contributed by atoms with Crippen molar-refractivity contribution in [3.63, 3.8) is 0 Å². The molecule has 1 amide bonds. The zero-order valence-electron chi connectivity index (χ0n) is 6.46. The maximum Gasteiger partial charge on any atom is 0.224 e. The van der Waals surface area contributed by atoms with Crippen LogP contribution in [0.25, 0.3) is 0 Å². The number of rotatable bonds is 0. The average molecular weight is 143 g/mol. The molecule has 0 saturated carbocycles. The van der Waals surface area contributed by atoms with Crippen LogP contribution in [0.4, 0.5) is 0 Å². The van der Waals surface area contributed by atoms with Crippen molar-refractivity contribution >= 4 is 5.91 Å². The molecule has 1 rings (SSSR count). The highest BCUT2D eigenvalue weighted by Crippen LogP contribution is 2.09. The number of amides is 1. The Balaban J connectivity index is 2.49. The van der Waals surface area contributed by atoms with Crippen LogP contribution in [0.5, 0.6) is 0 Å². The van der Waals surface area contributed by atoms with Crippen LogP contribution in [0.2, 0.25) is 0 Å². The van der Waals surface area contributed by atoms with Crippen molar-refractivity contribution in [2.24, 2.45) is 5.92 Å². The van der Waals surface area contributed by atoms with Gasteiger partial charge < -0.3 is 9.64 Å². The van der Waals surface area contributed by atoms with Gasteiger partial charge in [0.2, 0.25) is 5.91 Å². The lowest BCUT2D eigenvalue weighted by atomic mass is 10.1. The first kappa shape index (κ1) is 7.54. The third-order valence-corrected chi connectivity index (χ3v) is 1.64. The fourth-order valence-corrected chi connectivity index (χ4v) is 0.976. The van der Waals surface area contributed by atoms with Gasteiger partial charge in [0.05, 0.1) is 6.61 Å². The van der Waals surface area contributed by atoms with E-state index >= 15 is 0 Å². The second-order valence-electron chi connectivity index (χ2n) is 2.90. The van der Waals surface area contributed by atoms with Crippen molar-refractivity contribution in [3.05, 3.63) is 0 Å². The van der Waals surface area contributed by atoms with Gasteiger partial charge in [0.1, 0.15) is 6.73 Å². The Morgan fingerprint density at radius 1 is 1.70 bits per heavy atom. The van der Waals surface area contributed by atoms with E-state index in [2.05, 4.69) is 0 Å². The van der Waals surface area contributed by atoms with E-state index in [0.29, 0.717) is 25.7 Å². The molecule has 1 aliphatic heterocycles. The molecule has 1 aliphatic rings. The fraction of sp³-hybridized carbons (Fsp3) is 0.857. The summed E-state index contributed by atoms with van der Waals surface area (Å²) in [6.45, 7) is 3.18. The van der Waals surface area contributed by atoms with Crippen molar-refractivity contribution in [1.29, 1.82) is 0 Å². The zero-order valence-corrected chi connectivity index (χ0v) is 6.46. The molecule has 0 radical (unpaired) electrons. The summed E-state index contributed by atoms with van der Waals surface area (Å²) in [4.78, 5) is 12.7. The van der Waals surface area contributed by atoms with Gasteiger partial charge in [-0.3, -0.25) is 4.79 Å². The minimum Gasteiger partial charge on any atom is -0.361 e. The Kier molecular flexibility index (Phi) is 2.27. The van der Waals surface area contributed by atoms with E-state index in [1.807, 2.05) is 6.92 Å². The molecule has 0 aromatic carbocycles. The van der Waals surface area contributed by atoms with Crippen molar-refractivity contribution in [2.45, 2.75) is 13.3 Å². The van der Waals surface area contributed by atoms with E-state index in [-0.39, 0.29) is 5.91 Å². The maximum atomic E-state index is 11.1. The lowest BCUT2D eigenvalue weighted by Gasteiger charge is -2.11. The molecule has 0 bridgehead atoms. The Labute approximate surface area is 61.0 Å². The van der Waals surface area contributed by atoms with E-state index in [1.165, 1.54) is 0 Å². The molecule has 0 N–H and O–H groups in total. The second kappa shape index (κ2) is 3.01. The van der Waals surface area contributed by atoms with Gasteiger partial charge in [-0.05, 0) is 5.92 Å². The summed E-state index contributed by atoms with van der Waals surface area (Å²) in [5, 5.41) is 0. The first-order chi connectivity index (χ1) is 4.70. The molecule has 10 heavy (non-hydrogen) atoms. The quantitative estimate of drug-likeness (QED) is 0.493. The standard InChI is InChI=1S/C7H13NO2/c1-6-3-7(9)8(2)5-10-4-6/h6H,3-5H2,1-2H3. The van der Waals surface area contributed by atoms with Crippen LogP contribution in [-0.2, 0) is 9.53 Å². The number of carbonyl (C=O) groups is 1. The first-order valence-electron chi connectivity index (χ1n) is 3.52. The number of ether oxygens (including phenoxy) is 1. The van der Waals surface area contributed by atoms with E-state index in [1.54, 1.807) is 11.9 Å². The van der Waals surface area contributed by atoms with Crippen LogP contribution < -0.4 is 0 Å². The maximum absolute atomic E-state index is 11.1. The lowest BCUT2D eigenvalue weighted by Crippen LogP contribution is -2.26. The van der Waals surface area contributed by atoms with Crippen LogP contribution >= 0.6 is 0 Å². The zero-order chi connectivity index (χ0) is 7.56. The van der Waals surface area contributed by atoms with E-state index in [4.69, 9.17) is 4.74 Å². The van der Waals surface area contributed by atoms with Crippen molar-refractivity contribution in [3.8, 4) is 0 Å². The SMILES string of the molecule is CC1COCN(C)C(=O)C1. The normalized spacial score (nSPS) is 28.4. The summed E-state index contributed by atoms with van der Waals surface area (Å²) >= 11 is 0. The Bertz CT molecular complexity index is 136. The molecule has 0 spiro atoms. The highest BCUT2D eigenvalue weighted by molar-refractivity contribution is 5.76. The van der Waals surface area contributed by atoms with Gasteiger partial charge in [0, 0.05) is 13.5 Å². The predicted molar refractivity (Wildman–Crippen MR) is 37.4 cm³/mol. The van der Waals surface area contributed by atoms with Gasteiger partial charge >= 0.3 is 0 Å². The molecule has 1 heterocycles. The summed E-state index contributed by atoms with van der Waals surface area (Å²) in [6.07, 6.45) is 0.622. The second-order valence-corrected chi connectivity index (χ2v) is 2.90. The van der Waals surface area contributed by atoms with Crippen molar-refractivity contribution in [2.75, 3.05) is 20.4 Å². The molecule has 1 atom stereocenters. The van der Waals surface area contributed by atoms with Crippen molar-refractivity contribution in [1.82, 2.24) is 4.90 Å². The summed E-state index contributed by atoms with van der Waals surface area (Å²) in [7, 11) is 1.76. The molecule has 1 fully saturated rings. The Morgan fingerprint density at radius 3 is 3.10 bits per heavy atom. The molecule has 3 heteroatoms. The third kappa shape index (κ3) is 1.70. The third-order valence-electron chi connectivity index (χ3n) is 1.64. The molecule has 0 aromatic heterocycles. The van der Waals surface area contributed by atoms with Crippen molar-refractivity contribution < 1.29 is 9.53 Å². The number of hydrogen-bond donors (Lipinski definition) is 0. The van der Waals surface area contributed by atoms with Crippen LogP contribution in [0.15, 0.2) is 0 Å². The molecule has 0 aromatic rings. The summed E-state index contributed by atoms with van der Waals surface area (Å²) in [5.74, 6) is 0.558. The number of nitrogens with zero attached hydrogens (tertiary/aromatic N) is 1. The molecule has 1 unspecified atom stereocenters. The molecule has 0 aliphatic carbocycles. The molecule has 58 valence electrons. The van der Waals surface area contributed by atoms with Gasteiger partial charge in [-0.15, -0.1) is 0 Å². The van der Waals surface area contributed by atoms with Crippen LogP contribution in [0, 0.1) is 5.92 Å². The van der Waals surface area contributed by atoms with E-state index in [9.17, 15) is 4.79 Å². The minimum atomic E-state index is 0.185. The van der Waals surface area contributed by atoms with Gasteiger partial charge in [0.25, 0.3) is 0 Å². The molecule has 1 saturated heterocycles. The van der Waals surface area contributed by atoms with E-state index in [0.717, 1.165) is 0 Å². The molecular formula is C7H13NO2. The van der Waals surface area contributed by atoms with Gasteiger partial charge in [-0.2, -0.15) is 0 Å². The van der Waals surface area contributed by atoms with Gasteiger partial charge in [-0.25, -0.2) is 0 Å². The Hall–Kier alpha value is -0.570. The monoisotopic (exact) mass is 143 g/mol. The number of carbonyl (C=O) groups excluding carboxylic acids is 1. The predicted octanol–water partition coefficient (Wildman–Crippen LogP) is 0.459. The Morgan fingerprint density at radius 2 is 2.40 bits per heavy atom. The van der Waals surface area contributed by atoms with Crippen LogP contribution in [0.1, 0.15) is 13.3 Å². The number of hydrogen-bond acceptors (Lipinski definition) is 2. The lowest BCUT2D eigenvalue weighted by molar-refractivity contribution is -0.132. The smallest absolute Gasteiger partial charge is 0.224 e. The van der Waals surface area contributed by atoms with E-state index < -0.39 is 0 Å². The van der Waals surface area contributed by atoms with Crippen LogP contribution in [0.3, 0.4) is 0 Å². The topological polar surface area (TPSA) is 29.5 Å². The molecule has 3 nitrogen and oxygen atoms in total. The van der Waals surface area contributed by atoms with Gasteiger partial charge in [0.15, 0.2) is 0 Å². The largest absolute Gasteiger partial charge is 0.361 e. The van der Waals surface area contributed by atoms with Gasteiger partial charge in [-0.1, -0.05) is 6.92 Å². The fourth-order valence-electron chi connectivity index (χ4n) is 0.976. The first-order valence-corrected chi connectivity index (χ1v) is 3.52. The average Bonchev–Trinajstić information content (AvgIpc) is 1.96. The highest BCUT2D eigenvalue weighted by atomic mass is 16.5. The van der Waals surface area contributed by atoms with Crippen LogP contribution in [-0.4, -0.2) is 31.2 Å². The minimum absolute atomic E-state index is 0.185. The summed E-state index contributed by atoms with van der Waals surface area (Å²) < 4.78 is 5.19. The summed E-state index contributed by atoms with van der Waals surface area (Å²) in [5.41, 5.74) is 0. The highest BCUT2D eigenvalue weighted by Gasteiger charge is 2.17. The summed E-state index contributed by atoms with van der Waals surface area (Å²) in [6, 6.07) is 0. The molecular weight excluding hydrogens is 130 g/mol.